The first-order chi connectivity index (χ1) is 15.3. The Kier molecular flexibility index (Phi) is 6.06. The standard InChI is InChI=1S/C23H27ClN4O4/c1-23(27-22(29)30)7-4-14(5-8-23)25-15-6-9-28-13-18(26-21(28)10-15)16-11-17(24)20(32-3)12-19(16)31-2/h6,9-14,25,27H,4-5,7-8H2,1-3H3,(H,29,30). The maximum absolute atomic E-state index is 11.0. The van der Waals surface area contributed by atoms with E-state index in [0.29, 0.717) is 16.5 Å². The topological polar surface area (TPSA) is 97.1 Å². The number of amides is 1. The number of anilines is 1. The summed E-state index contributed by atoms with van der Waals surface area (Å²) < 4.78 is 12.7. The summed E-state index contributed by atoms with van der Waals surface area (Å²) in [5.74, 6) is 1.18. The number of halogens is 1. The number of pyridine rings is 1. The second kappa shape index (κ2) is 8.78. The van der Waals surface area contributed by atoms with Crippen molar-refractivity contribution in [3.05, 3.63) is 41.7 Å². The van der Waals surface area contributed by atoms with Crippen molar-refractivity contribution in [3.8, 4) is 22.8 Å². The van der Waals surface area contributed by atoms with Gasteiger partial charge in [0.2, 0.25) is 0 Å². The highest BCUT2D eigenvalue weighted by atomic mass is 35.5. The summed E-state index contributed by atoms with van der Waals surface area (Å²) in [5, 5.41) is 15.7. The van der Waals surface area contributed by atoms with Crippen molar-refractivity contribution in [1.29, 1.82) is 0 Å². The minimum atomic E-state index is -0.964. The molecule has 170 valence electrons. The third-order valence-electron chi connectivity index (χ3n) is 6.08. The number of imidazole rings is 1. The van der Waals surface area contributed by atoms with Crippen LogP contribution in [0.25, 0.3) is 16.9 Å². The number of nitrogens with one attached hydrogen (secondary N) is 2. The molecule has 8 nitrogen and oxygen atoms in total. The Balaban J connectivity index is 1.52. The predicted octanol–water partition coefficient (Wildman–Crippen LogP) is 5.05. The number of hydrogen-bond acceptors (Lipinski definition) is 5. The molecule has 9 heteroatoms. The van der Waals surface area contributed by atoms with Crippen LogP contribution in [0.3, 0.4) is 0 Å². The number of carbonyl (C=O) groups is 1. The molecule has 4 rings (SSSR count). The van der Waals surface area contributed by atoms with E-state index >= 15 is 0 Å². The van der Waals surface area contributed by atoms with E-state index in [1.807, 2.05) is 35.9 Å². The SMILES string of the molecule is COc1cc(OC)c(-c2cn3ccc(NC4CCC(C)(NC(=O)O)CC4)cc3n2)cc1Cl. The summed E-state index contributed by atoms with van der Waals surface area (Å²) in [6.07, 6.45) is 6.31. The zero-order valence-corrected chi connectivity index (χ0v) is 19.1. The van der Waals surface area contributed by atoms with Crippen LogP contribution in [-0.2, 0) is 0 Å². The van der Waals surface area contributed by atoms with Crippen LogP contribution in [0.1, 0.15) is 32.6 Å². The molecule has 2 heterocycles. The fourth-order valence-electron chi connectivity index (χ4n) is 4.28. The van der Waals surface area contributed by atoms with Crippen molar-refractivity contribution in [2.24, 2.45) is 0 Å². The van der Waals surface area contributed by atoms with Gasteiger partial charge in [0, 0.05) is 47.4 Å². The summed E-state index contributed by atoms with van der Waals surface area (Å²) >= 11 is 6.33. The summed E-state index contributed by atoms with van der Waals surface area (Å²) in [6.45, 7) is 1.97. The van der Waals surface area contributed by atoms with Crippen LogP contribution in [0.4, 0.5) is 10.5 Å². The van der Waals surface area contributed by atoms with Crippen LogP contribution in [0, 0.1) is 0 Å². The Bertz CT molecular complexity index is 1140. The van der Waals surface area contributed by atoms with E-state index in [9.17, 15) is 4.79 Å². The molecule has 1 fully saturated rings. The third kappa shape index (κ3) is 4.55. The Hall–Kier alpha value is -3.13. The minimum Gasteiger partial charge on any atom is -0.496 e. The van der Waals surface area contributed by atoms with Gasteiger partial charge in [-0.3, -0.25) is 0 Å². The van der Waals surface area contributed by atoms with Gasteiger partial charge in [0.05, 0.1) is 24.9 Å². The fourth-order valence-corrected chi connectivity index (χ4v) is 4.52. The number of hydrogen-bond donors (Lipinski definition) is 3. The first kappa shape index (κ1) is 22.1. The molecule has 2 aromatic heterocycles. The molecule has 0 bridgehead atoms. The number of fused-ring (bicyclic) bond motifs is 1. The summed E-state index contributed by atoms with van der Waals surface area (Å²) in [6, 6.07) is 7.86. The van der Waals surface area contributed by atoms with E-state index in [1.165, 1.54) is 0 Å². The Morgan fingerprint density at radius 1 is 1.22 bits per heavy atom. The monoisotopic (exact) mass is 458 g/mol. The van der Waals surface area contributed by atoms with Crippen molar-refractivity contribution < 1.29 is 19.4 Å². The smallest absolute Gasteiger partial charge is 0.405 e. The molecule has 1 aliphatic carbocycles. The molecule has 0 radical (unpaired) electrons. The molecule has 0 spiro atoms. The molecule has 32 heavy (non-hydrogen) atoms. The number of aromatic nitrogens is 2. The normalized spacial score (nSPS) is 20.7. The molecule has 0 saturated heterocycles. The maximum Gasteiger partial charge on any atom is 0.405 e. The van der Waals surface area contributed by atoms with Crippen LogP contribution in [-0.4, -0.2) is 46.4 Å². The second-order valence-corrected chi connectivity index (χ2v) is 8.81. The number of carboxylic acid groups (broad SMARTS) is 1. The molecule has 0 atom stereocenters. The van der Waals surface area contributed by atoms with Crippen molar-refractivity contribution in [2.75, 3.05) is 19.5 Å². The lowest BCUT2D eigenvalue weighted by Gasteiger charge is -2.37. The van der Waals surface area contributed by atoms with Gasteiger partial charge in [-0.1, -0.05) is 11.6 Å². The number of nitrogens with zero attached hydrogens (tertiary/aromatic N) is 2. The van der Waals surface area contributed by atoms with Gasteiger partial charge in [0.25, 0.3) is 0 Å². The molecular formula is C23H27ClN4O4. The van der Waals surface area contributed by atoms with Gasteiger partial charge in [-0.2, -0.15) is 0 Å². The third-order valence-corrected chi connectivity index (χ3v) is 6.37. The van der Waals surface area contributed by atoms with Crippen molar-refractivity contribution >= 4 is 29.0 Å². The first-order valence-electron chi connectivity index (χ1n) is 10.5. The zero-order valence-electron chi connectivity index (χ0n) is 18.3. The average molecular weight is 459 g/mol. The van der Waals surface area contributed by atoms with E-state index in [4.69, 9.17) is 31.2 Å². The van der Waals surface area contributed by atoms with Crippen LogP contribution >= 0.6 is 11.6 Å². The van der Waals surface area contributed by atoms with Crippen molar-refractivity contribution in [2.45, 2.75) is 44.2 Å². The van der Waals surface area contributed by atoms with Gasteiger partial charge >= 0.3 is 6.09 Å². The largest absolute Gasteiger partial charge is 0.496 e. The lowest BCUT2D eigenvalue weighted by molar-refractivity contribution is 0.166. The van der Waals surface area contributed by atoms with Crippen molar-refractivity contribution in [3.63, 3.8) is 0 Å². The second-order valence-electron chi connectivity index (χ2n) is 8.40. The minimum absolute atomic E-state index is 0.288. The molecule has 0 aliphatic heterocycles. The molecule has 1 aliphatic rings. The molecule has 3 N–H and O–H groups in total. The van der Waals surface area contributed by atoms with Gasteiger partial charge in [-0.15, -0.1) is 0 Å². The zero-order chi connectivity index (χ0) is 22.9. The highest BCUT2D eigenvalue weighted by Crippen LogP contribution is 2.38. The lowest BCUT2D eigenvalue weighted by atomic mass is 9.81. The predicted molar refractivity (Wildman–Crippen MR) is 124 cm³/mol. The quantitative estimate of drug-likeness (QED) is 0.478. The van der Waals surface area contributed by atoms with Gasteiger partial charge < -0.3 is 29.6 Å². The first-order valence-corrected chi connectivity index (χ1v) is 10.9. The molecule has 0 unspecified atom stereocenters. The van der Waals surface area contributed by atoms with Gasteiger partial charge in [-0.05, 0) is 44.7 Å². The van der Waals surface area contributed by atoms with Gasteiger partial charge in [0.15, 0.2) is 0 Å². The Morgan fingerprint density at radius 3 is 2.59 bits per heavy atom. The number of benzene rings is 1. The fraction of sp³-hybridized carbons (Fsp3) is 0.391. The van der Waals surface area contributed by atoms with Crippen LogP contribution in [0.5, 0.6) is 11.5 Å². The number of rotatable bonds is 6. The van der Waals surface area contributed by atoms with Gasteiger partial charge in [0.1, 0.15) is 17.1 Å². The average Bonchev–Trinajstić information content (AvgIpc) is 3.18. The molecule has 1 saturated carbocycles. The lowest BCUT2D eigenvalue weighted by Crippen LogP contribution is -2.49. The van der Waals surface area contributed by atoms with Gasteiger partial charge in [-0.25, -0.2) is 9.78 Å². The van der Waals surface area contributed by atoms with Crippen LogP contribution in [0.2, 0.25) is 5.02 Å². The molecule has 1 aromatic carbocycles. The van der Waals surface area contributed by atoms with E-state index in [0.717, 1.165) is 48.3 Å². The highest BCUT2D eigenvalue weighted by Gasteiger charge is 2.32. The van der Waals surface area contributed by atoms with Crippen LogP contribution in [0.15, 0.2) is 36.7 Å². The van der Waals surface area contributed by atoms with E-state index in [-0.39, 0.29) is 11.6 Å². The number of methoxy groups -OCH3 is 2. The summed E-state index contributed by atoms with van der Waals surface area (Å²) in [4.78, 5) is 15.8. The van der Waals surface area contributed by atoms with E-state index in [2.05, 4.69) is 10.6 Å². The number of ether oxygens (including phenoxy) is 2. The Morgan fingerprint density at radius 2 is 1.94 bits per heavy atom. The molecular weight excluding hydrogens is 432 g/mol. The van der Waals surface area contributed by atoms with E-state index < -0.39 is 6.09 Å². The summed E-state index contributed by atoms with van der Waals surface area (Å²) in [7, 11) is 3.17. The van der Waals surface area contributed by atoms with Crippen LogP contribution < -0.4 is 20.1 Å². The maximum atomic E-state index is 11.0. The van der Waals surface area contributed by atoms with E-state index in [1.54, 1.807) is 26.4 Å². The van der Waals surface area contributed by atoms with Crippen molar-refractivity contribution in [1.82, 2.24) is 14.7 Å². The summed E-state index contributed by atoms with van der Waals surface area (Å²) in [5.41, 5.74) is 2.96. The molecule has 1 amide bonds. The molecule has 3 aromatic rings. The Labute approximate surface area is 191 Å². The highest BCUT2D eigenvalue weighted by molar-refractivity contribution is 6.32.